The Bertz CT molecular complexity index is 820. The molecule has 3 rings (SSSR count). The van der Waals surface area contributed by atoms with Crippen LogP contribution in [0.25, 0.3) is 11.0 Å². The van der Waals surface area contributed by atoms with Gasteiger partial charge in [-0.1, -0.05) is 19.4 Å². The molecule has 1 unspecified atom stereocenters. The summed E-state index contributed by atoms with van der Waals surface area (Å²) in [6.45, 7) is 2.16. The molecule has 110 valence electrons. The zero-order valence-electron chi connectivity index (χ0n) is 11.4. The first-order valence-electron chi connectivity index (χ1n) is 6.74. The van der Waals surface area contributed by atoms with Gasteiger partial charge in [0, 0.05) is 10.9 Å². The molecule has 0 saturated carbocycles. The number of nitrogens with one attached hydrogen (secondary N) is 1. The van der Waals surface area contributed by atoms with Gasteiger partial charge in [-0.25, -0.2) is 4.39 Å². The summed E-state index contributed by atoms with van der Waals surface area (Å²) in [5.41, 5.74) is 1.67. The predicted molar refractivity (Wildman–Crippen MR) is 92.1 cm³/mol. The summed E-state index contributed by atoms with van der Waals surface area (Å²) in [4.78, 5) is 4.39. The summed E-state index contributed by atoms with van der Waals surface area (Å²) in [7, 11) is 0. The summed E-state index contributed by atoms with van der Waals surface area (Å²) in [5, 5.41) is 2.08. The maximum atomic E-state index is 13.7. The molecule has 0 bridgehead atoms. The first kappa shape index (κ1) is 14.9. The maximum Gasteiger partial charge on any atom is 0.178 e. The predicted octanol–water partition coefficient (Wildman–Crippen LogP) is 6.05. The van der Waals surface area contributed by atoms with Crippen molar-refractivity contribution in [3.63, 3.8) is 0 Å². The largest absolute Gasteiger partial charge is 0.330 e. The molecule has 2 nitrogen and oxygen atoms in total. The minimum Gasteiger partial charge on any atom is -0.330 e. The molecule has 0 saturated heterocycles. The minimum atomic E-state index is -0.283. The van der Waals surface area contributed by atoms with E-state index < -0.39 is 0 Å². The third-order valence-corrected chi connectivity index (χ3v) is 5.38. The molecule has 1 atom stereocenters. The second-order valence-corrected chi connectivity index (χ2v) is 7.12. The van der Waals surface area contributed by atoms with E-state index in [0.717, 1.165) is 23.9 Å². The third kappa shape index (κ3) is 2.72. The highest BCUT2D eigenvalue weighted by atomic mass is 79.9. The standard InChI is InChI=1S/C15H14BrFN2S2/c1-2-4-12(14-5-3-6-21-14)19-13-7-9(16)10(17)8-11(13)18-15(19)20/h3,5-8,12H,2,4H2,1H3,(H,18,20). The second kappa shape index (κ2) is 6.02. The first-order valence-corrected chi connectivity index (χ1v) is 8.82. The van der Waals surface area contributed by atoms with E-state index in [-0.39, 0.29) is 11.9 Å². The van der Waals surface area contributed by atoms with Crippen LogP contribution in [0.2, 0.25) is 0 Å². The number of halogens is 2. The third-order valence-electron chi connectivity index (χ3n) is 3.50. The topological polar surface area (TPSA) is 20.7 Å². The Labute approximate surface area is 139 Å². The van der Waals surface area contributed by atoms with E-state index in [2.05, 4.69) is 49.9 Å². The number of rotatable bonds is 4. The maximum absolute atomic E-state index is 13.7. The summed E-state index contributed by atoms with van der Waals surface area (Å²) < 4.78 is 16.9. The fourth-order valence-electron chi connectivity index (χ4n) is 2.58. The van der Waals surface area contributed by atoms with Crippen molar-refractivity contribution in [2.24, 2.45) is 0 Å². The number of aromatic nitrogens is 2. The second-order valence-electron chi connectivity index (χ2n) is 4.90. The van der Waals surface area contributed by atoms with Gasteiger partial charge in [-0.15, -0.1) is 11.3 Å². The van der Waals surface area contributed by atoms with Crippen LogP contribution in [0.3, 0.4) is 0 Å². The van der Waals surface area contributed by atoms with Gasteiger partial charge in [-0.2, -0.15) is 0 Å². The Kier molecular flexibility index (Phi) is 4.28. The molecule has 0 fully saturated rings. The van der Waals surface area contributed by atoms with E-state index in [1.807, 2.05) is 0 Å². The van der Waals surface area contributed by atoms with Crippen molar-refractivity contribution in [3.05, 3.63) is 49.6 Å². The monoisotopic (exact) mass is 384 g/mol. The van der Waals surface area contributed by atoms with Crippen LogP contribution in [0.4, 0.5) is 4.39 Å². The molecule has 1 aromatic carbocycles. The Hall–Kier alpha value is -0.980. The van der Waals surface area contributed by atoms with Crippen molar-refractivity contribution in [1.29, 1.82) is 0 Å². The van der Waals surface area contributed by atoms with Gasteiger partial charge in [-0.05, 0) is 52.1 Å². The molecule has 2 heterocycles. The van der Waals surface area contributed by atoms with Crippen LogP contribution in [-0.2, 0) is 0 Å². The van der Waals surface area contributed by atoms with Gasteiger partial charge < -0.3 is 9.55 Å². The summed E-state index contributed by atoms with van der Waals surface area (Å²) in [6.07, 6.45) is 2.05. The number of benzene rings is 1. The van der Waals surface area contributed by atoms with E-state index in [1.54, 1.807) is 17.4 Å². The highest BCUT2D eigenvalue weighted by Crippen LogP contribution is 2.32. The molecular formula is C15H14BrFN2S2. The summed E-state index contributed by atoms with van der Waals surface area (Å²) in [6, 6.07) is 7.66. The van der Waals surface area contributed by atoms with Crippen LogP contribution in [0.1, 0.15) is 30.7 Å². The summed E-state index contributed by atoms with van der Waals surface area (Å²) in [5.74, 6) is -0.283. The van der Waals surface area contributed by atoms with Gasteiger partial charge in [0.15, 0.2) is 4.77 Å². The van der Waals surface area contributed by atoms with Gasteiger partial charge in [0.2, 0.25) is 0 Å². The zero-order valence-corrected chi connectivity index (χ0v) is 14.6. The summed E-state index contributed by atoms with van der Waals surface area (Å²) >= 11 is 10.5. The lowest BCUT2D eigenvalue weighted by Crippen LogP contribution is -2.09. The van der Waals surface area contributed by atoms with Crippen LogP contribution in [0.15, 0.2) is 34.1 Å². The van der Waals surface area contributed by atoms with Crippen LogP contribution < -0.4 is 0 Å². The average molecular weight is 385 g/mol. The lowest BCUT2D eigenvalue weighted by Gasteiger charge is -2.18. The quantitative estimate of drug-likeness (QED) is 0.542. The van der Waals surface area contributed by atoms with Crippen LogP contribution in [0, 0.1) is 10.6 Å². The molecule has 0 radical (unpaired) electrons. The molecule has 2 aromatic heterocycles. The van der Waals surface area contributed by atoms with Crippen molar-refractivity contribution in [2.45, 2.75) is 25.8 Å². The van der Waals surface area contributed by atoms with Gasteiger partial charge in [-0.3, -0.25) is 0 Å². The molecule has 0 spiro atoms. The highest BCUT2D eigenvalue weighted by Gasteiger charge is 2.19. The van der Waals surface area contributed by atoms with E-state index in [1.165, 1.54) is 10.9 Å². The fourth-order valence-corrected chi connectivity index (χ4v) is 4.10. The lowest BCUT2D eigenvalue weighted by molar-refractivity contribution is 0.548. The average Bonchev–Trinajstić information content (AvgIpc) is 3.06. The van der Waals surface area contributed by atoms with Crippen LogP contribution >= 0.6 is 39.5 Å². The van der Waals surface area contributed by atoms with Crippen LogP contribution in [-0.4, -0.2) is 9.55 Å². The Morgan fingerprint density at radius 1 is 1.48 bits per heavy atom. The number of nitrogens with zero attached hydrogens (tertiary/aromatic N) is 1. The number of aromatic amines is 1. The number of H-pyrrole nitrogens is 1. The molecule has 0 amide bonds. The minimum absolute atomic E-state index is 0.189. The van der Waals surface area contributed by atoms with Crippen LogP contribution in [0.5, 0.6) is 0 Å². The Morgan fingerprint density at radius 3 is 2.95 bits per heavy atom. The van der Waals surface area contributed by atoms with E-state index in [9.17, 15) is 4.39 Å². The Balaban J connectivity index is 2.24. The van der Waals surface area contributed by atoms with Gasteiger partial charge in [0.25, 0.3) is 0 Å². The SMILES string of the molecule is CCCC(c1cccs1)n1c(=S)[nH]c2cc(F)c(Br)cc21. The number of hydrogen-bond acceptors (Lipinski definition) is 2. The van der Waals surface area contributed by atoms with Crippen molar-refractivity contribution < 1.29 is 4.39 Å². The molecule has 6 heteroatoms. The van der Waals surface area contributed by atoms with Gasteiger partial charge in [0.05, 0.1) is 21.5 Å². The van der Waals surface area contributed by atoms with Gasteiger partial charge in [0.1, 0.15) is 5.82 Å². The number of fused-ring (bicyclic) bond motifs is 1. The molecule has 0 aliphatic heterocycles. The number of thiophene rings is 1. The van der Waals surface area contributed by atoms with Crippen molar-refractivity contribution in [3.8, 4) is 0 Å². The zero-order chi connectivity index (χ0) is 15.0. The number of imidazole rings is 1. The molecular weight excluding hydrogens is 371 g/mol. The van der Waals surface area contributed by atoms with Crippen molar-refractivity contribution >= 4 is 50.5 Å². The lowest BCUT2D eigenvalue weighted by atomic mass is 10.1. The van der Waals surface area contributed by atoms with E-state index >= 15 is 0 Å². The van der Waals surface area contributed by atoms with Crippen molar-refractivity contribution in [1.82, 2.24) is 9.55 Å². The fraction of sp³-hybridized carbons (Fsp3) is 0.267. The molecule has 0 aliphatic rings. The van der Waals surface area contributed by atoms with Gasteiger partial charge >= 0.3 is 0 Å². The molecule has 0 aliphatic carbocycles. The number of hydrogen-bond donors (Lipinski definition) is 1. The Morgan fingerprint density at radius 2 is 2.29 bits per heavy atom. The molecule has 3 aromatic rings. The van der Waals surface area contributed by atoms with E-state index in [0.29, 0.717) is 9.24 Å². The van der Waals surface area contributed by atoms with Crippen molar-refractivity contribution in [2.75, 3.05) is 0 Å². The molecule has 1 N–H and O–H groups in total. The smallest absolute Gasteiger partial charge is 0.178 e. The first-order chi connectivity index (χ1) is 10.1. The highest BCUT2D eigenvalue weighted by molar-refractivity contribution is 9.10. The normalized spacial score (nSPS) is 12.9. The van der Waals surface area contributed by atoms with E-state index in [4.69, 9.17) is 12.2 Å². The molecule has 21 heavy (non-hydrogen) atoms.